The number of ether oxygens (including phenoxy) is 1. The van der Waals surface area contributed by atoms with Crippen LogP contribution in [0.5, 0.6) is 5.75 Å². The van der Waals surface area contributed by atoms with E-state index in [4.69, 9.17) is 0 Å². The minimum absolute atomic E-state index is 0. The van der Waals surface area contributed by atoms with Gasteiger partial charge in [0.25, 0.3) is 5.91 Å². The van der Waals surface area contributed by atoms with Gasteiger partial charge in [0.15, 0.2) is 0 Å². The number of nitrogens with one attached hydrogen (secondary N) is 2. The first kappa shape index (κ1) is 22.9. The van der Waals surface area contributed by atoms with E-state index in [1.54, 1.807) is 6.92 Å². The molecule has 0 aliphatic carbocycles. The van der Waals surface area contributed by atoms with Crippen LogP contribution in [0.4, 0.5) is 22.0 Å². The number of piperazine rings is 1. The van der Waals surface area contributed by atoms with Crippen LogP contribution in [0.2, 0.25) is 0 Å². The van der Waals surface area contributed by atoms with Gasteiger partial charge >= 0.3 is 12.8 Å². The SMILES string of the molecule is Cc1cc(OC(F)F)c(C(=O)NCC(N2CCNCC2)C(F)(F)F)s1.Cl. The lowest BCUT2D eigenvalue weighted by Gasteiger charge is -2.35. The van der Waals surface area contributed by atoms with Crippen molar-refractivity contribution in [3.05, 3.63) is 15.8 Å². The summed E-state index contributed by atoms with van der Waals surface area (Å²) in [6.45, 7) is -0.930. The van der Waals surface area contributed by atoms with Crippen LogP contribution >= 0.6 is 23.7 Å². The summed E-state index contributed by atoms with van der Waals surface area (Å²) in [5.41, 5.74) is 0. The van der Waals surface area contributed by atoms with Gasteiger partial charge in [0, 0.05) is 37.6 Å². The standard InChI is InChI=1S/C14H18F5N3O2S.ClH/c1-8-6-9(24-13(15)16)11(25-8)12(23)21-7-10(14(17,18)19)22-4-2-20-3-5-22;/h6,10,13,20H,2-5,7H2,1H3,(H,21,23);1H. The van der Waals surface area contributed by atoms with Crippen molar-refractivity contribution in [2.24, 2.45) is 0 Å². The molecule has 1 amide bonds. The van der Waals surface area contributed by atoms with Gasteiger partial charge < -0.3 is 15.4 Å². The van der Waals surface area contributed by atoms with Gasteiger partial charge in [-0.3, -0.25) is 9.69 Å². The number of alkyl halides is 5. The second-order valence-electron chi connectivity index (χ2n) is 5.48. The molecular formula is C14H19ClF5N3O2S. The third-order valence-electron chi connectivity index (χ3n) is 3.67. The topological polar surface area (TPSA) is 53.6 Å². The number of carbonyl (C=O) groups excluding carboxylic acids is 1. The molecule has 2 heterocycles. The first-order chi connectivity index (χ1) is 11.7. The molecule has 0 radical (unpaired) electrons. The number of rotatable bonds is 6. The molecule has 0 saturated carbocycles. The maximum Gasteiger partial charge on any atom is 0.405 e. The fraction of sp³-hybridized carbons (Fsp3) is 0.643. The molecule has 26 heavy (non-hydrogen) atoms. The summed E-state index contributed by atoms with van der Waals surface area (Å²) in [5, 5.41) is 5.15. The molecule has 1 atom stereocenters. The monoisotopic (exact) mass is 423 g/mol. The van der Waals surface area contributed by atoms with E-state index >= 15 is 0 Å². The van der Waals surface area contributed by atoms with Gasteiger partial charge in [-0.25, -0.2) is 0 Å². The van der Waals surface area contributed by atoms with Crippen molar-refractivity contribution in [2.75, 3.05) is 32.7 Å². The first-order valence-corrected chi connectivity index (χ1v) is 8.35. The van der Waals surface area contributed by atoms with E-state index in [-0.39, 0.29) is 36.1 Å². The van der Waals surface area contributed by atoms with Gasteiger partial charge in [-0.2, -0.15) is 22.0 Å². The Kier molecular flexibility index (Phi) is 8.51. The van der Waals surface area contributed by atoms with E-state index < -0.39 is 31.3 Å². The van der Waals surface area contributed by atoms with E-state index in [1.165, 1.54) is 11.0 Å². The Labute approximate surface area is 157 Å². The molecule has 1 aromatic heterocycles. The van der Waals surface area contributed by atoms with Crippen molar-refractivity contribution in [1.82, 2.24) is 15.5 Å². The van der Waals surface area contributed by atoms with Crippen molar-refractivity contribution in [2.45, 2.75) is 25.8 Å². The van der Waals surface area contributed by atoms with Crippen molar-refractivity contribution in [1.29, 1.82) is 0 Å². The number of thiophene rings is 1. The second-order valence-corrected chi connectivity index (χ2v) is 6.74. The number of hydrogen-bond acceptors (Lipinski definition) is 5. The van der Waals surface area contributed by atoms with Gasteiger partial charge in [0.05, 0.1) is 0 Å². The van der Waals surface area contributed by atoms with E-state index in [9.17, 15) is 26.7 Å². The summed E-state index contributed by atoms with van der Waals surface area (Å²) >= 11 is 0.884. The predicted molar refractivity (Wildman–Crippen MR) is 89.6 cm³/mol. The lowest BCUT2D eigenvalue weighted by atomic mass is 10.2. The largest absolute Gasteiger partial charge is 0.433 e. The smallest absolute Gasteiger partial charge is 0.405 e. The molecule has 2 rings (SSSR count). The summed E-state index contributed by atoms with van der Waals surface area (Å²) in [6, 6.07) is -0.581. The van der Waals surface area contributed by atoms with Crippen LogP contribution in [0.25, 0.3) is 0 Å². The van der Waals surface area contributed by atoms with Gasteiger partial charge in [0.1, 0.15) is 16.7 Å². The Morgan fingerprint density at radius 1 is 1.38 bits per heavy atom. The molecule has 150 valence electrons. The molecule has 1 saturated heterocycles. The van der Waals surface area contributed by atoms with Crippen LogP contribution in [0, 0.1) is 6.92 Å². The molecular weight excluding hydrogens is 405 g/mol. The summed E-state index contributed by atoms with van der Waals surface area (Å²) in [6.07, 6.45) is -4.52. The number of nitrogens with zero attached hydrogens (tertiary/aromatic N) is 1. The fourth-order valence-electron chi connectivity index (χ4n) is 2.55. The molecule has 1 aliphatic rings. The highest BCUT2D eigenvalue weighted by atomic mass is 35.5. The molecule has 0 aromatic carbocycles. The van der Waals surface area contributed by atoms with Crippen LogP contribution in [-0.2, 0) is 0 Å². The molecule has 1 unspecified atom stereocenters. The van der Waals surface area contributed by atoms with Gasteiger partial charge in [-0.05, 0) is 13.0 Å². The maximum atomic E-state index is 13.3. The average Bonchev–Trinajstić information content (AvgIpc) is 2.87. The van der Waals surface area contributed by atoms with Gasteiger partial charge in [0.2, 0.25) is 0 Å². The Hall–Kier alpha value is -1.17. The van der Waals surface area contributed by atoms with Crippen LogP contribution in [0.1, 0.15) is 14.5 Å². The third-order valence-corrected chi connectivity index (χ3v) is 4.70. The van der Waals surface area contributed by atoms with Crippen LogP contribution in [0.3, 0.4) is 0 Å². The summed E-state index contributed by atoms with van der Waals surface area (Å²) < 4.78 is 68.8. The van der Waals surface area contributed by atoms with Gasteiger partial charge in [-0.1, -0.05) is 0 Å². The van der Waals surface area contributed by atoms with Crippen LogP contribution in [0.15, 0.2) is 6.07 Å². The number of carbonyl (C=O) groups is 1. The number of halogens is 6. The minimum atomic E-state index is -4.52. The molecule has 1 fully saturated rings. The highest BCUT2D eigenvalue weighted by molar-refractivity contribution is 7.14. The van der Waals surface area contributed by atoms with E-state index in [2.05, 4.69) is 15.4 Å². The third kappa shape index (κ3) is 6.22. The Morgan fingerprint density at radius 3 is 2.54 bits per heavy atom. The Balaban J connectivity index is 0.00000338. The summed E-state index contributed by atoms with van der Waals surface area (Å²) in [4.78, 5) is 13.8. The number of hydrogen-bond donors (Lipinski definition) is 2. The molecule has 1 aromatic rings. The fourth-order valence-corrected chi connectivity index (χ4v) is 3.41. The molecule has 12 heteroatoms. The molecule has 1 aliphatic heterocycles. The van der Waals surface area contributed by atoms with Crippen LogP contribution < -0.4 is 15.4 Å². The highest BCUT2D eigenvalue weighted by Gasteiger charge is 2.44. The van der Waals surface area contributed by atoms with Gasteiger partial charge in [-0.15, -0.1) is 23.7 Å². The molecule has 0 spiro atoms. The zero-order valence-electron chi connectivity index (χ0n) is 13.7. The van der Waals surface area contributed by atoms with E-state index in [1.807, 2.05) is 0 Å². The van der Waals surface area contributed by atoms with Crippen LogP contribution in [-0.4, -0.2) is 62.4 Å². The van der Waals surface area contributed by atoms with E-state index in [0.29, 0.717) is 18.0 Å². The second kappa shape index (κ2) is 9.67. The minimum Gasteiger partial charge on any atom is -0.433 e. The Bertz CT molecular complexity index is 594. The number of amides is 1. The van der Waals surface area contributed by atoms with Crippen molar-refractivity contribution in [3.63, 3.8) is 0 Å². The maximum absolute atomic E-state index is 13.3. The summed E-state index contributed by atoms with van der Waals surface area (Å²) in [7, 11) is 0. The van der Waals surface area contributed by atoms with E-state index in [0.717, 1.165) is 11.3 Å². The van der Waals surface area contributed by atoms with Crippen molar-refractivity contribution in [3.8, 4) is 5.75 Å². The molecule has 5 nitrogen and oxygen atoms in total. The Morgan fingerprint density at radius 2 is 2.00 bits per heavy atom. The quantitative estimate of drug-likeness (QED) is 0.691. The molecule has 2 N–H and O–H groups in total. The normalized spacial score (nSPS) is 16.9. The zero-order valence-corrected chi connectivity index (χ0v) is 15.4. The van der Waals surface area contributed by atoms with Crippen molar-refractivity contribution < 1.29 is 31.5 Å². The lowest BCUT2D eigenvalue weighted by molar-refractivity contribution is -0.183. The zero-order chi connectivity index (χ0) is 18.6. The number of aryl methyl sites for hydroxylation is 1. The van der Waals surface area contributed by atoms with Crippen molar-refractivity contribution >= 4 is 29.7 Å². The highest BCUT2D eigenvalue weighted by Crippen LogP contribution is 2.30. The first-order valence-electron chi connectivity index (χ1n) is 7.53. The molecule has 0 bridgehead atoms. The average molecular weight is 424 g/mol. The predicted octanol–water partition coefficient (Wildman–Crippen LogP) is 2.65. The lowest BCUT2D eigenvalue weighted by Crippen LogP contribution is -2.57. The summed E-state index contributed by atoms with van der Waals surface area (Å²) in [5.74, 6) is -1.20.